The number of hydrogen-bond donors (Lipinski definition) is 0. The second kappa shape index (κ2) is 8.28. The lowest BCUT2D eigenvalue weighted by Crippen LogP contribution is -2.48. The fourth-order valence-corrected chi connectivity index (χ4v) is 3.04. The molecule has 2 aromatic carbocycles. The smallest absolute Gasteiger partial charge is 0.256 e. The van der Waals surface area contributed by atoms with Gasteiger partial charge in [0.05, 0.1) is 5.56 Å². The summed E-state index contributed by atoms with van der Waals surface area (Å²) in [6.07, 6.45) is 4.22. The minimum atomic E-state index is -0.525. The zero-order valence-corrected chi connectivity index (χ0v) is 14.6. The Morgan fingerprint density at radius 3 is 2.52 bits per heavy atom. The van der Waals surface area contributed by atoms with Gasteiger partial charge in [0.15, 0.2) is 0 Å². The van der Waals surface area contributed by atoms with Crippen LogP contribution in [0.1, 0.15) is 15.9 Å². The third kappa shape index (κ3) is 4.68. The highest BCUT2D eigenvalue weighted by Gasteiger charge is 2.23. The van der Waals surface area contributed by atoms with Gasteiger partial charge in [-0.15, -0.1) is 0 Å². The van der Waals surface area contributed by atoms with E-state index in [-0.39, 0.29) is 11.5 Å². The third-order valence-corrected chi connectivity index (χ3v) is 4.53. The second-order valence-electron chi connectivity index (χ2n) is 6.03. The minimum absolute atomic E-state index is 0.0462. The molecule has 1 aliphatic heterocycles. The maximum atomic E-state index is 13.9. The van der Waals surface area contributed by atoms with Crippen molar-refractivity contribution in [1.82, 2.24) is 9.80 Å². The van der Waals surface area contributed by atoms with Crippen molar-refractivity contribution in [2.45, 2.75) is 0 Å². The van der Waals surface area contributed by atoms with Gasteiger partial charge < -0.3 is 4.90 Å². The Bertz CT molecular complexity index is 756. The number of hydrogen-bond acceptors (Lipinski definition) is 2. The molecule has 0 radical (unpaired) electrons. The van der Waals surface area contributed by atoms with E-state index in [0.717, 1.165) is 19.6 Å². The van der Waals surface area contributed by atoms with Gasteiger partial charge in [-0.05, 0) is 23.8 Å². The summed E-state index contributed by atoms with van der Waals surface area (Å²) in [7, 11) is 0. The van der Waals surface area contributed by atoms with E-state index in [0.29, 0.717) is 18.1 Å². The Labute approximate surface area is 152 Å². The van der Waals surface area contributed by atoms with Gasteiger partial charge in [-0.2, -0.15) is 0 Å². The molecule has 0 bridgehead atoms. The molecule has 0 N–H and O–H groups in total. The molecule has 1 saturated heterocycles. The van der Waals surface area contributed by atoms with Gasteiger partial charge in [0.2, 0.25) is 0 Å². The minimum Gasteiger partial charge on any atom is -0.336 e. The van der Waals surface area contributed by atoms with Gasteiger partial charge >= 0.3 is 0 Å². The molecular weight excluding hydrogens is 339 g/mol. The summed E-state index contributed by atoms with van der Waals surface area (Å²) in [6, 6.07) is 14.2. The van der Waals surface area contributed by atoms with E-state index in [1.165, 1.54) is 23.8 Å². The van der Waals surface area contributed by atoms with E-state index < -0.39 is 5.82 Å². The van der Waals surface area contributed by atoms with Crippen LogP contribution in [0.15, 0.2) is 54.6 Å². The normalized spacial score (nSPS) is 15.7. The molecule has 0 unspecified atom stereocenters. The van der Waals surface area contributed by atoms with Gasteiger partial charge in [0.1, 0.15) is 5.82 Å². The average Bonchev–Trinajstić information content (AvgIpc) is 2.65. The van der Waals surface area contributed by atoms with Gasteiger partial charge in [-0.3, -0.25) is 9.69 Å². The number of carbonyl (C=O) groups excluding carboxylic acids is 1. The average molecular weight is 359 g/mol. The highest BCUT2D eigenvalue weighted by molar-refractivity contribution is 6.31. The number of halogens is 2. The van der Waals surface area contributed by atoms with Crippen LogP contribution in [0.4, 0.5) is 4.39 Å². The Morgan fingerprint density at radius 2 is 1.80 bits per heavy atom. The lowest BCUT2D eigenvalue weighted by Gasteiger charge is -2.34. The van der Waals surface area contributed by atoms with Crippen molar-refractivity contribution in [2.24, 2.45) is 0 Å². The highest BCUT2D eigenvalue weighted by Crippen LogP contribution is 2.17. The largest absolute Gasteiger partial charge is 0.336 e. The first-order valence-corrected chi connectivity index (χ1v) is 8.69. The molecule has 3 rings (SSSR count). The molecule has 5 heteroatoms. The lowest BCUT2D eigenvalue weighted by atomic mass is 10.1. The summed E-state index contributed by atoms with van der Waals surface area (Å²) in [5.41, 5.74) is 1.22. The molecule has 0 saturated carbocycles. The van der Waals surface area contributed by atoms with E-state index >= 15 is 0 Å². The molecule has 1 fully saturated rings. The van der Waals surface area contributed by atoms with Crippen LogP contribution >= 0.6 is 11.6 Å². The topological polar surface area (TPSA) is 23.6 Å². The molecule has 0 aromatic heterocycles. The van der Waals surface area contributed by atoms with Crippen LogP contribution in [0.25, 0.3) is 6.08 Å². The maximum absolute atomic E-state index is 13.9. The third-order valence-electron chi connectivity index (χ3n) is 4.29. The molecular formula is C20H20ClFN2O. The first-order chi connectivity index (χ1) is 12.1. The van der Waals surface area contributed by atoms with Crippen molar-refractivity contribution in [3.8, 4) is 0 Å². The second-order valence-corrected chi connectivity index (χ2v) is 6.47. The van der Waals surface area contributed by atoms with E-state index in [9.17, 15) is 9.18 Å². The van der Waals surface area contributed by atoms with Crippen molar-refractivity contribution in [3.63, 3.8) is 0 Å². The van der Waals surface area contributed by atoms with Crippen LogP contribution in [-0.2, 0) is 0 Å². The summed E-state index contributed by atoms with van der Waals surface area (Å²) >= 11 is 5.88. The monoisotopic (exact) mass is 358 g/mol. The van der Waals surface area contributed by atoms with Crippen LogP contribution in [-0.4, -0.2) is 48.4 Å². The fraction of sp³-hybridized carbons (Fsp3) is 0.250. The van der Waals surface area contributed by atoms with Crippen molar-refractivity contribution >= 4 is 23.6 Å². The number of carbonyl (C=O) groups is 1. The Morgan fingerprint density at radius 1 is 1.08 bits per heavy atom. The fourth-order valence-electron chi connectivity index (χ4n) is 2.87. The number of piperazine rings is 1. The highest BCUT2D eigenvalue weighted by atomic mass is 35.5. The number of amides is 1. The van der Waals surface area contributed by atoms with E-state index in [1.807, 2.05) is 18.2 Å². The van der Waals surface area contributed by atoms with Crippen LogP contribution in [0.2, 0.25) is 5.02 Å². The SMILES string of the molecule is O=C(c1cc(Cl)ccc1F)N1CCN(C/C=C/c2ccccc2)CC1. The number of benzene rings is 2. The summed E-state index contributed by atoms with van der Waals surface area (Å²) in [5.74, 6) is -0.817. The molecule has 1 amide bonds. The molecule has 25 heavy (non-hydrogen) atoms. The van der Waals surface area contributed by atoms with Crippen molar-refractivity contribution < 1.29 is 9.18 Å². The standard InChI is InChI=1S/C20H20ClFN2O/c21-17-8-9-19(22)18(15-17)20(25)24-13-11-23(12-14-24)10-4-7-16-5-2-1-3-6-16/h1-9,15H,10-14H2/b7-4+. The van der Waals surface area contributed by atoms with Crippen LogP contribution < -0.4 is 0 Å². The van der Waals surface area contributed by atoms with Crippen LogP contribution in [0.5, 0.6) is 0 Å². The van der Waals surface area contributed by atoms with Gasteiger partial charge in [-0.1, -0.05) is 54.1 Å². The number of nitrogens with zero attached hydrogens (tertiary/aromatic N) is 2. The van der Waals surface area contributed by atoms with Crippen LogP contribution in [0.3, 0.4) is 0 Å². The van der Waals surface area contributed by atoms with E-state index in [2.05, 4.69) is 29.2 Å². The Hall–Kier alpha value is -2.17. The first-order valence-electron chi connectivity index (χ1n) is 8.32. The number of rotatable bonds is 4. The van der Waals surface area contributed by atoms with Gasteiger partial charge in [0, 0.05) is 37.7 Å². The lowest BCUT2D eigenvalue weighted by molar-refractivity contribution is 0.0645. The summed E-state index contributed by atoms with van der Waals surface area (Å²) in [4.78, 5) is 16.4. The zero-order chi connectivity index (χ0) is 17.6. The van der Waals surface area contributed by atoms with Crippen molar-refractivity contribution in [1.29, 1.82) is 0 Å². The summed E-state index contributed by atoms with van der Waals surface area (Å²) < 4.78 is 13.9. The molecule has 0 aliphatic carbocycles. The predicted octanol–water partition coefficient (Wildman–Crippen LogP) is 3.95. The van der Waals surface area contributed by atoms with Crippen molar-refractivity contribution in [3.05, 3.63) is 76.6 Å². The van der Waals surface area contributed by atoms with Crippen molar-refractivity contribution in [2.75, 3.05) is 32.7 Å². The molecule has 1 aliphatic rings. The first kappa shape index (κ1) is 17.6. The zero-order valence-electron chi connectivity index (χ0n) is 13.9. The van der Waals surface area contributed by atoms with E-state index in [1.54, 1.807) is 4.90 Å². The van der Waals surface area contributed by atoms with Crippen LogP contribution in [0, 0.1) is 5.82 Å². The quantitative estimate of drug-likeness (QED) is 0.826. The van der Waals surface area contributed by atoms with E-state index in [4.69, 9.17) is 11.6 Å². The summed E-state index contributed by atoms with van der Waals surface area (Å²) in [6.45, 7) is 3.55. The summed E-state index contributed by atoms with van der Waals surface area (Å²) in [5, 5.41) is 0.370. The Balaban J connectivity index is 1.52. The molecule has 2 aromatic rings. The molecule has 0 atom stereocenters. The molecule has 1 heterocycles. The maximum Gasteiger partial charge on any atom is 0.256 e. The predicted molar refractivity (Wildman–Crippen MR) is 99.2 cm³/mol. The molecule has 3 nitrogen and oxygen atoms in total. The van der Waals surface area contributed by atoms with Gasteiger partial charge in [-0.25, -0.2) is 4.39 Å². The Kier molecular flexibility index (Phi) is 5.84. The molecule has 0 spiro atoms. The molecule has 130 valence electrons. The van der Waals surface area contributed by atoms with Gasteiger partial charge in [0.25, 0.3) is 5.91 Å².